The van der Waals surface area contributed by atoms with Gasteiger partial charge in [-0.15, -0.1) is 0 Å². The topological polar surface area (TPSA) is 38.0 Å². The molecule has 0 atom stereocenters. The van der Waals surface area contributed by atoms with Crippen LogP contribution in [0, 0.1) is 6.92 Å². The number of aryl methyl sites for hydroxylation is 1. The molecule has 0 unspecified atom stereocenters. The van der Waals surface area contributed by atoms with Crippen LogP contribution >= 0.6 is 11.6 Å². The van der Waals surface area contributed by atoms with Crippen LogP contribution in [0.1, 0.15) is 11.4 Å². The van der Waals surface area contributed by atoms with E-state index >= 15 is 0 Å². The molecule has 2 aromatic heterocycles. The van der Waals surface area contributed by atoms with Crippen LogP contribution in [0.5, 0.6) is 0 Å². The molecule has 2 heterocycles. The molecule has 4 heteroatoms. The van der Waals surface area contributed by atoms with Gasteiger partial charge in [-0.05, 0) is 31.2 Å². The van der Waals surface area contributed by atoms with Crippen molar-refractivity contribution < 1.29 is 5.11 Å². The van der Waals surface area contributed by atoms with Crippen LogP contribution in [-0.2, 0) is 6.42 Å². The van der Waals surface area contributed by atoms with E-state index in [4.69, 9.17) is 11.6 Å². The van der Waals surface area contributed by atoms with Crippen LogP contribution in [0.25, 0.3) is 16.6 Å². The Kier molecular flexibility index (Phi) is 3.47. The number of hydrogen-bond acceptors (Lipinski definition) is 2. The number of hydrogen-bond donors (Lipinski definition) is 1. The van der Waals surface area contributed by atoms with E-state index in [0.29, 0.717) is 11.6 Å². The van der Waals surface area contributed by atoms with Gasteiger partial charge in [0.1, 0.15) is 5.15 Å². The zero-order valence-electron chi connectivity index (χ0n) is 11.2. The van der Waals surface area contributed by atoms with Gasteiger partial charge >= 0.3 is 0 Å². The molecule has 102 valence electrons. The van der Waals surface area contributed by atoms with E-state index < -0.39 is 0 Å². The smallest absolute Gasteiger partial charge is 0.138 e. The van der Waals surface area contributed by atoms with Crippen molar-refractivity contribution in [1.29, 1.82) is 0 Å². The summed E-state index contributed by atoms with van der Waals surface area (Å²) in [5, 5.41) is 10.7. The largest absolute Gasteiger partial charge is 0.396 e. The fourth-order valence-corrected chi connectivity index (χ4v) is 2.80. The number of aliphatic hydroxyl groups excluding tert-OH is 1. The van der Waals surface area contributed by atoms with E-state index in [1.807, 2.05) is 49.4 Å². The SMILES string of the molecule is Cc1cc2c(cc(CCO)n2-c2ccccc2)c(Cl)n1. The maximum atomic E-state index is 9.28. The lowest BCUT2D eigenvalue weighted by atomic mass is 10.2. The lowest BCUT2D eigenvalue weighted by Gasteiger charge is -2.10. The zero-order valence-corrected chi connectivity index (χ0v) is 11.9. The molecule has 0 aliphatic heterocycles. The van der Waals surface area contributed by atoms with Gasteiger partial charge in [0.2, 0.25) is 0 Å². The molecule has 3 rings (SSSR count). The fourth-order valence-electron chi connectivity index (χ4n) is 2.51. The number of nitrogens with zero attached hydrogens (tertiary/aromatic N) is 2. The summed E-state index contributed by atoms with van der Waals surface area (Å²) in [4.78, 5) is 4.30. The van der Waals surface area contributed by atoms with Crippen molar-refractivity contribution in [3.63, 3.8) is 0 Å². The minimum Gasteiger partial charge on any atom is -0.396 e. The van der Waals surface area contributed by atoms with E-state index in [-0.39, 0.29) is 6.61 Å². The molecule has 0 aliphatic rings. The molecule has 0 spiro atoms. The third-order valence-corrected chi connectivity index (χ3v) is 3.63. The highest BCUT2D eigenvalue weighted by molar-refractivity contribution is 6.34. The number of aliphatic hydroxyl groups is 1. The molecule has 0 fully saturated rings. The summed E-state index contributed by atoms with van der Waals surface area (Å²) in [7, 11) is 0. The molecule has 0 aliphatic carbocycles. The number of aromatic nitrogens is 2. The lowest BCUT2D eigenvalue weighted by Crippen LogP contribution is -2.02. The Bertz CT molecular complexity index is 750. The Labute approximate surface area is 122 Å². The molecule has 1 N–H and O–H groups in total. The van der Waals surface area contributed by atoms with Crippen LogP contribution in [-0.4, -0.2) is 21.3 Å². The number of para-hydroxylation sites is 1. The van der Waals surface area contributed by atoms with Gasteiger partial charge in [-0.2, -0.15) is 0 Å². The summed E-state index contributed by atoms with van der Waals surface area (Å²) in [6.07, 6.45) is 0.582. The number of fused-ring (bicyclic) bond motifs is 1. The minimum absolute atomic E-state index is 0.104. The molecule has 0 radical (unpaired) electrons. The van der Waals surface area contributed by atoms with Crippen LogP contribution < -0.4 is 0 Å². The van der Waals surface area contributed by atoms with Crippen LogP contribution in [0.3, 0.4) is 0 Å². The van der Waals surface area contributed by atoms with E-state index in [1.165, 1.54) is 0 Å². The highest BCUT2D eigenvalue weighted by Crippen LogP contribution is 2.29. The molecule has 0 saturated heterocycles. The van der Waals surface area contributed by atoms with Gasteiger partial charge in [0.05, 0.1) is 5.52 Å². The van der Waals surface area contributed by atoms with Gasteiger partial charge in [-0.3, -0.25) is 0 Å². The first-order chi connectivity index (χ1) is 9.70. The van der Waals surface area contributed by atoms with Crippen LogP contribution in [0.15, 0.2) is 42.5 Å². The highest BCUT2D eigenvalue weighted by Gasteiger charge is 2.13. The molecule has 1 aromatic carbocycles. The molecule has 3 nitrogen and oxygen atoms in total. The van der Waals surface area contributed by atoms with Crippen LogP contribution in [0.4, 0.5) is 0 Å². The Hall–Kier alpha value is -1.84. The van der Waals surface area contributed by atoms with Crippen molar-refractivity contribution in [2.24, 2.45) is 0 Å². The molecular weight excluding hydrogens is 272 g/mol. The number of halogens is 1. The van der Waals surface area contributed by atoms with Gasteiger partial charge in [0.15, 0.2) is 0 Å². The number of rotatable bonds is 3. The van der Waals surface area contributed by atoms with E-state index in [1.54, 1.807) is 0 Å². The van der Waals surface area contributed by atoms with E-state index in [2.05, 4.69) is 9.55 Å². The molecule has 0 bridgehead atoms. The van der Waals surface area contributed by atoms with Gasteiger partial charge < -0.3 is 9.67 Å². The monoisotopic (exact) mass is 286 g/mol. The Morgan fingerprint density at radius 3 is 2.65 bits per heavy atom. The maximum absolute atomic E-state index is 9.28. The third-order valence-electron chi connectivity index (χ3n) is 3.34. The second-order valence-corrected chi connectivity index (χ2v) is 5.13. The van der Waals surface area contributed by atoms with Gasteiger partial charge in [-0.1, -0.05) is 29.8 Å². The average Bonchev–Trinajstić information content (AvgIpc) is 2.79. The van der Waals surface area contributed by atoms with Crippen molar-refractivity contribution in [2.45, 2.75) is 13.3 Å². The van der Waals surface area contributed by atoms with E-state index in [0.717, 1.165) is 28.0 Å². The quantitative estimate of drug-likeness (QED) is 0.748. The Morgan fingerprint density at radius 1 is 1.20 bits per heavy atom. The van der Waals surface area contributed by atoms with Gasteiger partial charge in [0, 0.05) is 35.5 Å². The number of pyridine rings is 1. The minimum atomic E-state index is 0.104. The molecule has 0 amide bonds. The summed E-state index contributed by atoms with van der Waals surface area (Å²) in [5.74, 6) is 0. The average molecular weight is 287 g/mol. The second kappa shape index (κ2) is 5.27. The van der Waals surface area contributed by atoms with Crippen molar-refractivity contribution in [2.75, 3.05) is 6.61 Å². The normalized spacial score (nSPS) is 11.2. The first-order valence-corrected chi connectivity index (χ1v) is 6.92. The summed E-state index contributed by atoms with van der Waals surface area (Å²) < 4.78 is 2.13. The first kappa shape index (κ1) is 13.2. The van der Waals surface area contributed by atoms with Crippen LogP contribution in [0.2, 0.25) is 5.15 Å². The summed E-state index contributed by atoms with van der Waals surface area (Å²) in [6, 6.07) is 14.1. The molecular formula is C16H15ClN2O. The number of benzene rings is 1. The zero-order chi connectivity index (χ0) is 14.1. The molecule has 0 saturated carbocycles. The Morgan fingerprint density at radius 2 is 1.95 bits per heavy atom. The summed E-state index contributed by atoms with van der Waals surface area (Å²) in [5.41, 5.74) is 4.00. The fraction of sp³-hybridized carbons (Fsp3) is 0.188. The highest BCUT2D eigenvalue weighted by atomic mass is 35.5. The lowest BCUT2D eigenvalue weighted by molar-refractivity contribution is 0.297. The predicted molar refractivity (Wildman–Crippen MR) is 81.6 cm³/mol. The van der Waals surface area contributed by atoms with Gasteiger partial charge in [0.25, 0.3) is 0 Å². The molecule has 20 heavy (non-hydrogen) atoms. The third kappa shape index (κ3) is 2.19. The van der Waals surface area contributed by atoms with Crippen molar-refractivity contribution in [1.82, 2.24) is 9.55 Å². The molecule has 3 aromatic rings. The van der Waals surface area contributed by atoms with Crippen molar-refractivity contribution in [3.8, 4) is 5.69 Å². The van der Waals surface area contributed by atoms with Crippen molar-refractivity contribution >= 4 is 22.5 Å². The summed E-state index contributed by atoms with van der Waals surface area (Å²) in [6.45, 7) is 2.03. The standard InChI is InChI=1S/C16H15ClN2O/c1-11-9-15-14(16(17)18-11)10-13(7-8-20)19(15)12-5-3-2-4-6-12/h2-6,9-10,20H,7-8H2,1H3. The first-order valence-electron chi connectivity index (χ1n) is 6.54. The Balaban J connectivity index is 2.35. The van der Waals surface area contributed by atoms with Gasteiger partial charge in [-0.25, -0.2) is 4.98 Å². The predicted octanol–water partition coefficient (Wildman–Crippen LogP) is 3.52. The van der Waals surface area contributed by atoms with E-state index in [9.17, 15) is 5.11 Å². The summed E-state index contributed by atoms with van der Waals surface area (Å²) >= 11 is 6.25. The second-order valence-electron chi connectivity index (χ2n) is 4.77. The maximum Gasteiger partial charge on any atom is 0.138 e. The van der Waals surface area contributed by atoms with Crippen molar-refractivity contribution in [3.05, 3.63) is 59.0 Å².